The highest BCUT2D eigenvalue weighted by Gasteiger charge is 2.55. The van der Waals surface area contributed by atoms with E-state index in [-0.39, 0.29) is 19.2 Å². The highest BCUT2D eigenvalue weighted by Crippen LogP contribution is 2.26. The molecule has 0 aromatic rings. The molecule has 0 radical (unpaired) electrons. The minimum Gasteiger partial charge on any atom is -0.496 e. The molecule has 20 heavy (non-hydrogen) atoms. The van der Waals surface area contributed by atoms with E-state index in [1.54, 1.807) is 7.05 Å². The fraction of sp³-hybridized carbons (Fsp3) is 0.692. The quantitative estimate of drug-likeness (QED) is 0.314. The average Bonchev–Trinajstić information content (AvgIpc) is 3.11. The Morgan fingerprint density at radius 3 is 2.55 bits per heavy atom. The maximum absolute atomic E-state index is 11.6. The van der Waals surface area contributed by atoms with Gasteiger partial charge in [0.2, 0.25) is 0 Å². The van der Waals surface area contributed by atoms with E-state index in [2.05, 4.69) is 18.8 Å². The largest absolute Gasteiger partial charge is 0.633 e. The van der Waals surface area contributed by atoms with Gasteiger partial charge in [-0.25, -0.2) is 0 Å². The first-order valence-corrected chi connectivity index (χ1v) is 6.81. The molecular formula is C13H18BNO5. The second-order valence-corrected chi connectivity index (χ2v) is 4.97. The van der Waals surface area contributed by atoms with Crippen LogP contribution in [0.1, 0.15) is 26.2 Å². The van der Waals surface area contributed by atoms with Crippen molar-refractivity contribution < 1.29 is 23.6 Å². The molecule has 6 nitrogen and oxygen atoms in total. The van der Waals surface area contributed by atoms with Crippen LogP contribution >= 0.6 is 0 Å². The van der Waals surface area contributed by atoms with Crippen LogP contribution in [0, 0.1) is 11.8 Å². The third-order valence-corrected chi connectivity index (χ3v) is 2.99. The Bertz CT molecular complexity index is 424. The predicted octanol–water partition coefficient (Wildman–Crippen LogP) is 0.00660. The third-order valence-electron chi connectivity index (χ3n) is 2.99. The van der Waals surface area contributed by atoms with E-state index in [0.717, 1.165) is 19.3 Å². The van der Waals surface area contributed by atoms with Gasteiger partial charge in [0.05, 0.1) is 13.1 Å². The van der Waals surface area contributed by atoms with E-state index >= 15 is 0 Å². The summed E-state index contributed by atoms with van der Waals surface area (Å²) in [5, 5.41) is 0. The van der Waals surface area contributed by atoms with E-state index in [0.29, 0.717) is 0 Å². The van der Waals surface area contributed by atoms with Crippen LogP contribution < -0.4 is 0 Å². The molecule has 2 heterocycles. The molecule has 0 aromatic heterocycles. The predicted molar refractivity (Wildman–Crippen MR) is 71.4 cm³/mol. The van der Waals surface area contributed by atoms with Crippen molar-refractivity contribution in [1.29, 1.82) is 0 Å². The van der Waals surface area contributed by atoms with Crippen LogP contribution in [0.5, 0.6) is 0 Å². The molecule has 0 aliphatic carbocycles. The smallest absolute Gasteiger partial charge is 0.496 e. The lowest BCUT2D eigenvalue weighted by Gasteiger charge is -2.21. The first kappa shape index (κ1) is 14.9. The van der Waals surface area contributed by atoms with Gasteiger partial charge in [-0.3, -0.25) is 14.5 Å². The summed E-state index contributed by atoms with van der Waals surface area (Å²) >= 11 is 0. The molecule has 2 fully saturated rings. The molecular weight excluding hydrogens is 261 g/mol. The van der Waals surface area contributed by atoms with Gasteiger partial charge in [0, 0.05) is 6.42 Å². The fourth-order valence-corrected chi connectivity index (χ4v) is 1.87. The summed E-state index contributed by atoms with van der Waals surface area (Å²) in [5.41, 5.74) is 0. The number of carbonyl (C=O) groups excluding carboxylic acids is 2. The molecule has 2 saturated heterocycles. The molecule has 108 valence electrons. The topological polar surface area (TPSA) is 68.4 Å². The molecule has 2 rings (SSSR count). The second kappa shape index (κ2) is 6.77. The molecule has 0 bridgehead atoms. The Hall–Kier alpha value is -1.52. The van der Waals surface area contributed by atoms with Crippen LogP contribution in [-0.2, 0) is 23.6 Å². The van der Waals surface area contributed by atoms with Gasteiger partial charge in [-0.2, -0.15) is 0 Å². The Balaban J connectivity index is 1.87. The summed E-state index contributed by atoms with van der Waals surface area (Å²) in [5.74, 6) is 5.09. The van der Waals surface area contributed by atoms with E-state index in [4.69, 9.17) is 14.0 Å². The van der Waals surface area contributed by atoms with Crippen molar-refractivity contribution in [1.82, 2.24) is 4.90 Å². The maximum atomic E-state index is 11.6. The van der Waals surface area contributed by atoms with Crippen molar-refractivity contribution in [3.05, 3.63) is 0 Å². The van der Waals surface area contributed by atoms with E-state index in [1.165, 1.54) is 4.90 Å². The van der Waals surface area contributed by atoms with Gasteiger partial charge in [0.25, 0.3) is 0 Å². The van der Waals surface area contributed by atoms with Crippen molar-refractivity contribution in [3.63, 3.8) is 0 Å². The first-order valence-electron chi connectivity index (χ1n) is 6.81. The van der Waals surface area contributed by atoms with Gasteiger partial charge >= 0.3 is 19.1 Å². The van der Waals surface area contributed by atoms with E-state index < -0.39 is 25.1 Å². The molecule has 0 spiro atoms. The van der Waals surface area contributed by atoms with Crippen molar-refractivity contribution in [2.45, 2.75) is 38.3 Å². The highest BCUT2D eigenvalue weighted by atomic mass is 16.7. The van der Waals surface area contributed by atoms with E-state index in [9.17, 15) is 9.59 Å². The summed E-state index contributed by atoms with van der Waals surface area (Å²) < 4.78 is 15.5. The second-order valence-electron chi connectivity index (χ2n) is 4.97. The molecule has 0 N–H and O–H groups in total. The van der Waals surface area contributed by atoms with Crippen molar-refractivity contribution in [2.75, 3.05) is 20.1 Å². The van der Waals surface area contributed by atoms with Crippen molar-refractivity contribution >= 4 is 19.1 Å². The lowest BCUT2D eigenvalue weighted by atomic mass is 9.82. The fourth-order valence-electron chi connectivity index (χ4n) is 1.87. The Kier molecular flexibility index (Phi) is 5.04. The van der Waals surface area contributed by atoms with Crippen LogP contribution in [0.25, 0.3) is 0 Å². The molecule has 2 atom stereocenters. The SMILES string of the molecule is CCCCC#CC1OC1B1OC(=O)CN(C)CC(=O)O1. The number of unbranched alkanes of at least 4 members (excludes halogenated alkanes) is 2. The highest BCUT2D eigenvalue weighted by molar-refractivity contribution is 6.51. The van der Waals surface area contributed by atoms with Crippen LogP contribution in [0.2, 0.25) is 0 Å². The number of epoxide rings is 1. The first-order chi connectivity index (χ1) is 9.60. The van der Waals surface area contributed by atoms with Crippen molar-refractivity contribution in [3.8, 4) is 11.8 Å². The number of nitrogens with zero attached hydrogens (tertiary/aromatic N) is 1. The van der Waals surface area contributed by atoms with Crippen LogP contribution in [0.15, 0.2) is 0 Å². The Labute approximate surface area is 118 Å². The number of rotatable bonds is 3. The van der Waals surface area contributed by atoms with Crippen LogP contribution in [0.4, 0.5) is 0 Å². The van der Waals surface area contributed by atoms with Gasteiger partial charge in [-0.05, 0) is 13.5 Å². The lowest BCUT2D eigenvalue weighted by molar-refractivity contribution is -0.145. The van der Waals surface area contributed by atoms with Crippen LogP contribution in [-0.4, -0.2) is 56.2 Å². The standard InChI is InChI=1S/C13H18BNO5/c1-3-4-5-6-7-10-13(18-10)14-19-11(16)8-15(2)9-12(17)20-14/h10,13H,3-5,8-9H2,1-2H3. The minimum absolute atomic E-state index is 0.0607. The molecule has 0 saturated carbocycles. The van der Waals surface area contributed by atoms with E-state index in [1.807, 2.05) is 0 Å². The number of likely N-dealkylation sites (N-methyl/N-ethyl adjacent to an activating group) is 1. The summed E-state index contributed by atoms with van der Waals surface area (Å²) in [6.45, 7) is 2.22. The monoisotopic (exact) mass is 279 g/mol. The molecule has 2 aliphatic rings. The molecule has 0 aromatic carbocycles. The molecule has 0 amide bonds. The number of ether oxygens (including phenoxy) is 1. The summed E-state index contributed by atoms with van der Waals surface area (Å²) in [6.07, 6.45) is 2.65. The normalized spacial score (nSPS) is 26.8. The number of carbonyl (C=O) groups is 2. The average molecular weight is 279 g/mol. The minimum atomic E-state index is -0.978. The Morgan fingerprint density at radius 1 is 1.30 bits per heavy atom. The molecule has 2 unspecified atom stereocenters. The third kappa shape index (κ3) is 4.25. The van der Waals surface area contributed by atoms with Gasteiger partial charge in [-0.15, -0.1) is 5.92 Å². The van der Waals surface area contributed by atoms with Gasteiger partial charge in [-0.1, -0.05) is 19.3 Å². The van der Waals surface area contributed by atoms with Gasteiger partial charge < -0.3 is 14.0 Å². The molecule has 2 aliphatic heterocycles. The van der Waals surface area contributed by atoms with Gasteiger partial charge in [0.1, 0.15) is 6.10 Å². The van der Waals surface area contributed by atoms with Gasteiger partial charge in [0.15, 0.2) is 6.00 Å². The molecule has 7 heteroatoms. The maximum Gasteiger partial charge on any atom is 0.633 e. The summed E-state index contributed by atoms with van der Waals surface area (Å²) in [6, 6.07) is -0.458. The number of hydrogen-bond donors (Lipinski definition) is 0. The summed E-state index contributed by atoms with van der Waals surface area (Å²) in [7, 11) is 0.674. The zero-order valence-corrected chi connectivity index (χ0v) is 11.8. The Morgan fingerprint density at radius 2 is 1.95 bits per heavy atom. The van der Waals surface area contributed by atoms with Crippen molar-refractivity contribution in [2.24, 2.45) is 0 Å². The lowest BCUT2D eigenvalue weighted by Crippen LogP contribution is -2.45. The zero-order chi connectivity index (χ0) is 14.5. The zero-order valence-electron chi connectivity index (χ0n) is 11.8. The van der Waals surface area contributed by atoms with Crippen LogP contribution in [0.3, 0.4) is 0 Å². The summed E-state index contributed by atoms with van der Waals surface area (Å²) in [4.78, 5) is 24.6. The number of hydrogen-bond acceptors (Lipinski definition) is 6.